The molecule has 0 saturated carbocycles. The molecule has 1 aliphatic heterocycles. The molecule has 78 valence electrons. The summed E-state index contributed by atoms with van der Waals surface area (Å²) in [5.41, 5.74) is 2.80. The van der Waals surface area contributed by atoms with Crippen LogP contribution in [-0.2, 0) is 0 Å². The summed E-state index contributed by atoms with van der Waals surface area (Å²) in [6.45, 7) is 0.226. The number of rotatable bonds is 3. The van der Waals surface area contributed by atoms with Crippen molar-refractivity contribution < 1.29 is 20.4 Å². The van der Waals surface area contributed by atoms with Gasteiger partial charge in [-0.25, -0.2) is 5.01 Å². The number of hydrazine groups is 1. The molecule has 0 aromatic carbocycles. The lowest BCUT2D eigenvalue weighted by molar-refractivity contribution is -0.111. The van der Waals surface area contributed by atoms with Gasteiger partial charge in [-0.15, -0.1) is 0 Å². The zero-order chi connectivity index (χ0) is 9.84. The summed E-state index contributed by atoms with van der Waals surface area (Å²) in [4.78, 5) is 0. The van der Waals surface area contributed by atoms with Crippen molar-refractivity contribution in [2.24, 2.45) is 0 Å². The second-order valence-corrected chi connectivity index (χ2v) is 3.09. The molecule has 0 aromatic rings. The molecule has 13 heavy (non-hydrogen) atoms. The van der Waals surface area contributed by atoms with Crippen LogP contribution in [-0.4, -0.2) is 70.0 Å². The summed E-state index contributed by atoms with van der Waals surface area (Å²) in [6.07, 6.45) is -1.84. The third kappa shape index (κ3) is 2.37. The van der Waals surface area contributed by atoms with Crippen LogP contribution in [0.4, 0.5) is 0 Å². The Kier molecular flexibility index (Phi) is 4.04. The molecular formula is C7H16N2O4. The van der Waals surface area contributed by atoms with Gasteiger partial charge >= 0.3 is 0 Å². The molecule has 1 heterocycles. The zero-order valence-corrected chi connectivity index (χ0v) is 7.30. The SMILES string of the molecule is OCCN1NC[C@H](O)C(O)C1CO. The van der Waals surface area contributed by atoms with E-state index >= 15 is 0 Å². The first kappa shape index (κ1) is 10.8. The number of nitrogens with zero attached hydrogens (tertiary/aromatic N) is 1. The maximum absolute atomic E-state index is 9.46. The molecule has 1 fully saturated rings. The first-order valence-corrected chi connectivity index (χ1v) is 4.28. The molecule has 1 rings (SSSR count). The standard InChI is InChI=1S/C7H16N2O4/c10-2-1-9-5(4-11)7(13)6(12)3-8-9/h5-8,10-13H,1-4H2/t5?,6-,7?/m0/s1. The minimum absolute atomic E-state index is 0.0632. The number of aliphatic hydroxyl groups excluding tert-OH is 4. The molecule has 0 spiro atoms. The summed E-state index contributed by atoms with van der Waals surface area (Å²) in [6, 6.07) is -0.559. The Labute approximate surface area is 76.4 Å². The fourth-order valence-corrected chi connectivity index (χ4v) is 1.45. The third-order valence-electron chi connectivity index (χ3n) is 2.22. The maximum atomic E-state index is 9.46. The van der Waals surface area contributed by atoms with Crippen molar-refractivity contribution in [2.75, 3.05) is 26.3 Å². The predicted molar refractivity (Wildman–Crippen MR) is 44.7 cm³/mol. The van der Waals surface area contributed by atoms with Crippen LogP contribution in [0.2, 0.25) is 0 Å². The molecule has 6 heteroatoms. The van der Waals surface area contributed by atoms with Crippen molar-refractivity contribution in [3.05, 3.63) is 0 Å². The van der Waals surface area contributed by atoms with Crippen LogP contribution in [0.5, 0.6) is 0 Å². The highest BCUT2D eigenvalue weighted by atomic mass is 16.3. The predicted octanol–water partition coefficient (Wildman–Crippen LogP) is -3.12. The summed E-state index contributed by atoms with van der Waals surface area (Å²) < 4.78 is 0. The van der Waals surface area contributed by atoms with Gasteiger partial charge in [-0.2, -0.15) is 0 Å². The third-order valence-corrected chi connectivity index (χ3v) is 2.22. The lowest BCUT2D eigenvalue weighted by atomic mass is 10.0. The molecule has 1 aliphatic rings. The topological polar surface area (TPSA) is 96.2 Å². The van der Waals surface area contributed by atoms with Crippen molar-refractivity contribution in [2.45, 2.75) is 18.2 Å². The van der Waals surface area contributed by atoms with Crippen molar-refractivity contribution >= 4 is 0 Å². The lowest BCUT2D eigenvalue weighted by Crippen LogP contribution is -2.64. The summed E-state index contributed by atoms with van der Waals surface area (Å²) in [7, 11) is 0. The second-order valence-electron chi connectivity index (χ2n) is 3.09. The van der Waals surface area contributed by atoms with Gasteiger partial charge in [0.2, 0.25) is 0 Å². The van der Waals surface area contributed by atoms with E-state index < -0.39 is 18.2 Å². The minimum atomic E-state index is -0.974. The molecule has 0 bridgehead atoms. The Bertz CT molecular complexity index is 157. The number of β-amino-alcohol motifs (C(OH)–C–C–N with tert-alkyl or cyclic N) is 2. The van der Waals surface area contributed by atoms with Gasteiger partial charge in [0, 0.05) is 13.1 Å². The van der Waals surface area contributed by atoms with Crippen LogP contribution in [0.25, 0.3) is 0 Å². The number of aliphatic hydroxyl groups is 4. The van der Waals surface area contributed by atoms with Crippen LogP contribution in [0.3, 0.4) is 0 Å². The Balaban J connectivity index is 2.55. The van der Waals surface area contributed by atoms with Gasteiger partial charge in [-0.05, 0) is 0 Å². The smallest absolute Gasteiger partial charge is 0.100 e. The Morgan fingerprint density at radius 3 is 2.54 bits per heavy atom. The zero-order valence-electron chi connectivity index (χ0n) is 7.30. The summed E-state index contributed by atoms with van der Waals surface area (Å²) in [5, 5.41) is 37.9. The maximum Gasteiger partial charge on any atom is 0.100 e. The normalized spacial score (nSPS) is 36.5. The molecule has 0 aliphatic carbocycles. The largest absolute Gasteiger partial charge is 0.395 e. The van der Waals surface area contributed by atoms with Gasteiger partial charge in [-0.3, -0.25) is 5.43 Å². The van der Waals surface area contributed by atoms with E-state index in [0.29, 0.717) is 6.54 Å². The van der Waals surface area contributed by atoms with Gasteiger partial charge in [0.05, 0.1) is 25.4 Å². The monoisotopic (exact) mass is 192 g/mol. The van der Waals surface area contributed by atoms with Crippen LogP contribution in [0, 0.1) is 0 Å². The number of hydrogen-bond acceptors (Lipinski definition) is 6. The van der Waals surface area contributed by atoms with Crippen molar-refractivity contribution in [3.63, 3.8) is 0 Å². The van der Waals surface area contributed by atoms with Gasteiger partial charge in [0.15, 0.2) is 0 Å². The fraction of sp³-hybridized carbons (Fsp3) is 1.00. The van der Waals surface area contributed by atoms with Crippen LogP contribution >= 0.6 is 0 Å². The molecule has 0 amide bonds. The van der Waals surface area contributed by atoms with Crippen molar-refractivity contribution in [3.8, 4) is 0 Å². The van der Waals surface area contributed by atoms with Gasteiger partial charge in [0.25, 0.3) is 0 Å². The average Bonchev–Trinajstić information content (AvgIpc) is 2.12. The van der Waals surface area contributed by atoms with Crippen molar-refractivity contribution in [1.82, 2.24) is 10.4 Å². The first-order valence-electron chi connectivity index (χ1n) is 4.28. The van der Waals surface area contributed by atoms with E-state index in [0.717, 1.165) is 0 Å². The highest BCUT2D eigenvalue weighted by molar-refractivity contribution is 4.87. The summed E-state index contributed by atoms with van der Waals surface area (Å²) >= 11 is 0. The minimum Gasteiger partial charge on any atom is -0.395 e. The van der Waals surface area contributed by atoms with E-state index in [1.807, 2.05) is 0 Å². The van der Waals surface area contributed by atoms with E-state index in [9.17, 15) is 10.2 Å². The van der Waals surface area contributed by atoms with Crippen LogP contribution < -0.4 is 5.43 Å². The average molecular weight is 192 g/mol. The molecule has 0 radical (unpaired) electrons. The summed E-state index contributed by atoms with van der Waals surface area (Å²) in [5.74, 6) is 0. The van der Waals surface area contributed by atoms with E-state index in [-0.39, 0.29) is 19.8 Å². The lowest BCUT2D eigenvalue weighted by Gasteiger charge is -2.40. The van der Waals surface area contributed by atoms with Gasteiger partial charge in [-0.1, -0.05) is 0 Å². The van der Waals surface area contributed by atoms with Gasteiger partial charge in [0.1, 0.15) is 6.10 Å². The quantitative estimate of drug-likeness (QED) is 0.325. The highest BCUT2D eigenvalue weighted by Gasteiger charge is 2.34. The molecule has 2 unspecified atom stereocenters. The highest BCUT2D eigenvalue weighted by Crippen LogP contribution is 2.10. The number of nitrogens with one attached hydrogen (secondary N) is 1. The van der Waals surface area contributed by atoms with Crippen molar-refractivity contribution in [1.29, 1.82) is 0 Å². The first-order chi connectivity index (χ1) is 6.20. The second kappa shape index (κ2) is 4.85. The van der Waals surface area contributed by atoms with E-state index in [4.69, 9.17) is 10.2 Å². The Morgan fingerprint density at radius 1 is 1.31 bits per heavy atom. The van der Waals surface area contributed by atoms with Crippen LogP contribution in [0.15, 0.2) is 0 Å². The van der Waals surface area contributed by atoms with E-state index in [1.54, 1.807) is 0 Å². The molecule has 6 nitrogen and oxygen atoms in total. The Morgan fingerprint density at radius 2 is 2.00 bits per heavy atom. The van der Waals surface area contributed by atoms with Crippen LogP contribution in [0.1, 0.15) is 0 Å². The fourth-order valence-electron chi connectivity index (χ4n) is 1.45. The Hall–Kier alpha value is -0.240. The molecule has 0 aromatic heterocycles. The molecule has 5 N–H and O–H groups in total. The van der Waals surface area contributed by atoms with E-state index in [1.165, 1.54) is 5.01 Å². The van der Waals surface area contributed by atoms with E-state index in [2.05, 4.69) is 5.43 Å². The molecule has 1 saturated heterocycles. The number of hydrogen-bond donors (Lipinski definition) is 5. The molecule has 3 atom stereocenters. The molecular weight excluding hydrogens is 176 g/mol. The van der Waals surface area contributed by atoms with Gasteiger partial charge < -0.3 is 20.4 Å².